The van der Waals surface area contributed by atoms with Crippen LogP contribution >= 0.6 is 0 Å². The van der Waals surface area contributed by atoms with Crippen molar-refractivity contribution in [3.8, 4) is 11.3 Å². The molecule has 1 aliphatic carbocycles. The summed E-state index contributed by atoms with van der Waals surface area (Å²) in [5, 5.41) is 8.69. The smallest absolute Gasteiger partial charge is 0.328 e. The van der Waals surface area contributed by atoms with E-state index < -0.39 is 5.97 Å². The molecule has 1 saturated carbocycles. The van der Waals surface area contributed by atoms with Crippen LogP contribution in [-0.4, -0.2) is 15.6 Å². The van der Waals surface area contributed by atoms with E-state index in [1.807, 2.05) is 36.4 Å². The Morgan fingerprint density at radius 3 is 2.48 bits per heavy atom. The van der Waals surface area contributed by atoms with Crippen LogP contribution in [0.4, 0.5) is 0 Å². The molecule has 0 radical (unpaired) electrons. The molecule has 0 atom stereocenters. The fraction of sp³-hybridized carbons (Fsp3) is 0.176. The molecule has 1 N–H and O–H groups in total. The summed E-state index contributed by atoms with van der Waals surface area (Å²) in [4.78, 5) is 23.2. The van der Waals surface area contributed by atoms with E-state index in [-0.39, 0.29) is 11.6 Å². The molecule has 2 aromatic rings. The van der Waals surface area contributed by atoms with Crippen molar-refractivity contribution in [2.75, 3.05) is 0 Å². The van der Waals surface area contributed by atoms with Crippen LogP contribution < -0.4 is 5.56 Å². The van der Waals surface area contributed by atoms with Gasteiger partial charge < -0.3 is 9.67 Å². The van der Waals surface area contributed by atoms with Gasteiger partial charge in [0.05, 0.1) is 5.69 Å². The third-order valence-corrected chi connectivity index (χ3v) is 3.53. The zero-order valence-corrected chi connectivity index (χ0v) is 11.4. The summed E-state index contributed by atoms with van der Waals surface area (Å²) in [6.07, 6.45) is 4.34. The monoisotopic (exact) mass is 281 g/mol. The van der Waals surface area contributed by atoms with Gasteiger partial charge in [0, 0.05) is 17.7 Å². The van der Waals surface area contributed by atoms with Crippen LogP contribution in [0.3, 0.4) is 0 Å². The molecule has 0 unspecified atom stereocenters. The Kier molecular flexibility index (Phi) is 3.44. The summed E-state index contributed by atoms with van der Waals surface area (Å²) in [6.45, 7) is 0. The largest absolute Gasteiger partial charge is 0.478 e. The summed E-state index contributed by atoms with van der Waals surface area (Å²) in [6, 6.07) is 13.6. The lowest BCUT2D eigenvalue weighted by Gasteiger charge is -2.13. The third kappa shape index (κ3) is 2.79. The quantitative estimate of drug-likeness (QED) is 0.876. The molecule has 0 aliphatic heterocycles. The van der Waals surface area contributed by atoms with Crippen molar-refractivity contribution in [3.05, 3.63) is 64.5 Å². The van der Waals surface area contributed by atoms with Crippen molar-refractivity contribution < 1.29 is 9.90 Å². The summed E-state index contributed by atoms with van der Waals surface area (Å²) in [5.74, 6) is -1.06. The Hall–Kier alpha value is -2.62. The van der Waals surface area contributed by atoms with Crippen LogP contribution in [0.25, 0.3) is 17.3 Å². The fourth-order valence-electron chi connectivity index (χ4n) is 2.40. The zero-order valence-electron chi connectivity index (χ0n) is 11.4. The van der Waals surface area contributed by atoms with Gasteiger partial charge in [-0.15, -0.1) is 0 Å². The number of benzene rings is 1. The van der Waals surface area contributed by atoms with E-state index in [1.165, 1.54) is 6.08 Å². The minimum absolute atomic E-state index is 0.128. The maximum absolute atomic E-state index is 12.6. The summed E-state index contributed by atoms with van der Waals surface area (Å²) in [7, 11) is 0. The number of pyridine rings is 1. The van der Waals surface area contributed by atoms with Crippen LogP contribution in [0.2, 0.25) is 0 Å². The van der Waals surface area contributed by atoms with Crippen LogP contribution in [-0.2, 0) is 4.79 Å². The van der Waals surface area contributed by atoms with Gasteiger partial charge >= 0.3 is 5.97 Å². The Balaban J connectivity index is 2.13. The highest BCUT2D eigenvalue weighted by Gasteiger charge is 2.27. The van der Waals surface area contributed by atoms with Crippen LogP contribution in [0.15, 0.2) is 53.3 Å². The van der Waals surface area contributed by atoms with Crippen molar-refractivity contribution in [1.29, 1.82) is 0 Å². The number of aliphatic carboxylic acids is 1. The minimum atomic E-state index is -1.06. The second-order valence-corrected chi connectivity index (χ2v) is 5.12. The van der Waals surface area contributed by atoms with E-state index in [9.17, 15) is 9.59 Å². The molecule has 1 heterocycles. The highest BCUT2D eigenvalue weighted by molar-refractivity contribution is 5.85. The van der Waals surface area contributed by atoms with Gasteiger partial charge in [-0.05, 0) is 36.6 Å². The maximum atomic E-state index is 12.6. The van der Waals surface area contributed by atoms with E-state index in [4.69, 9.17) is 5.11 Å². The van der Waals surface area contributed by atoms with Crippen molar-refractivity contribution >= 4 is 12.0 Å². The van der Waals surface area contributed by atoms with E-state index in [2.05, 4.69) is 0 Å². The number of carboxylic acids is 1. The van der Waals surface area contributed by atoms with Gasteiger partial charge in [0.15, 0.2) is 0 Å². The van der Waals surface area contributed by atoms with E-state index in [0.29, 0.717) is 5.56 Å². The van der Waals surface area contributed by atoms with E-state index >= 15 is 0 Å². The number of nitrogens with zero attached hydrogens (tertiary/aromatic N) is 1. The average molecular weight is 281 g/mol. The second kappa shape index (κ2) is 5.40. The molecule has 0 saturated heterocycles. The number of carboxylic acid groups (broad SMARTS) is 1. The van der Waals surface area contributed by atoms with Gasteiger partial charge in [-0.25, -0.2) is 4.79 Å². The second-order valence-electron chi connectivity index (χ2n) is 5.12. The molecule has 1 aromatic heterocycles. The van der Waals surface area contributed by atoms with Gasteiger partial charge in [-0.3, -0.25) is 4.79 Å². The molecule has 4 heteroatoms. The van der Waals surface area contributed by atoms with Crippen LogP contribution in [0.1, 0.15) is 24.4 Å². The fourth-order valence-corrected chi connectivity index (χ4v) is 2.40. The molecule has 4 nitrogen and oxygen atoms in total. The molecule has 21 heavy (non-hydrogen) atoms. The summed E-state index contributed by atoms with van der Waals surface area (Å²) in [5.41, 5.74) is 2.16. The number of rotatable bonds is 4. The highest BCUT2D eigenvalue weighted by atomic mass is 16.4. The average Bonchev–Trinajstić information content (AvgIpc) is 3.31. The molecule has 3 rings (SSSR count). The van der Waals surface area contributed by atoms with Gasteiger partial charge in [0.2, 0.25) is 0 Å². The van der Waals surface area contributed by atoms with Gasteiger partial charge in [-0.1, -0.05) is 30.3 Å². The predicted molar refractivity (Wildman–Crippen MR) is 81.1 cm³/mol. The van der Waals surface area contributed by atoms with Crippen LogP contribution in [0, 0.1) is 0 Å². The van der Waals surface area contributed by atoms with Crippen molar-refractivity contribution in [3.63, 3.8) is 0 Å². The standard InChI is InChI=1S/C17H15NO3/c19-16(20)11-7-13-6-10-15(12-4-2-1-3-5-12)18(17(13)21)14-8-9-14/h1-7,10-11,14H,8-9H2,(H,19,20)/b11-7+. The molecule has 106 valence electrons. The predicted octanol–water partition coefficient (Wildman–Crippen LogP) is 2.95. The third-order valence-electron chi connectivity index (χ3n) is 3.53. The lowest BCUT2D eigenvalue weighted by atomic mass is 10.1. The van der Waals surface area contributed by atoms with Crippen LogP contribution in [0.5, 0.6) is 0 Å². The lowest BCUT2D eigenvalue weighted by molar-refractivity contribution is -0.131. The van der Waals surface area contributed by atoms with Crippen molar-refractivity contribution in [2.24, 2.45) is 0 Å². The van der Waals surface area contributed by atoms with Crippen molar-refractivity contribution in [1.82, 2.24) is 4.57 Å². The molecular formula is C17H15NO3. The van der Waals surface area contributed by atoms with Gasteiger partial charge in [-0.2, -0.15) is 0 Å². The molecule has 1 fully saturated rings. The Morgan fingerprint density at radius 2 is 1.86 bits per heavy atom. The molecule has 1 aromatic carbocycles. The summed E-state index contributed by atoms with van der Waals surface area (Å²) >= 11 is 0. The SMILES string of the molecule is O=C(O)/C=C/c1ccc(-c2ccccc2)n(C2CC2)c1=O. The number of hydrogen-bond donors (Lipinski definition) is 1. The first-order valence-electron chi connectivity index (χ1n) is 6.89. The molecular weight excluding hydrogens is 266 g/mol. The number of aromatic nitrogens is 1. The zero-order chi connectivity index (χ0) is 14.8. The van der Waals surface area contributed by atoms with Gasteiger partial charge in [0.25, 0.3) is 5.56 Å². The van der Waals surface area contributed by atoms with Crippen molar-refractivity contribution in [2.45, 2.75) is 18.9 Å². The Bertz CT molecular complexity index is 755. The normalized spacial score (nSPS) is 14.5. The minimum Gasteiger partial charge on any atom is -0.478 e. The first-order chi connectivity index (χ1) is 10.2. The maximum Gasteiger partial charge on any atom is 0.328 e. The van der Waals surface area contributed by atoms with Gasteiger partial charge in [0.1, 0.15) is 0 Å². The number of carbonyl (C=O) groups is 1. The molecule has 1 aliphatic rings. The Labute approximate surface area is 122 Å². The summed E-state index contributed by atoms with van der Waals surface area (Å²) < 4.78 is 1.79. The molecule has 0 bridgehead atoms. The number of hydrogen-bond acceptors (Lipinski definition) is 2. The first-order valence-corrected chi connectivity index (χ1v) is 6.89. The Morgan fingerprint density at radius 1 is 1.14 bits per heavy atom. The topological polar surface area (TPSA) is 59.3 Å². The van der Waals surface area contributed by atoms with E-state index in [0.717, 1.165) is 30.2 Å². The van der Waals surface area contributed by atoms with E-state index in [1.54, 1.807) is 10.6 Å². The molecule has 0 amide bonds. The highest BCUT2D eigenvalue weighted by Crippen LogP contribution is 2.37. The lowest BCUT2D eigenvalue weighted by Crippen LogP contribution is -2.22. The first kappa shape index (κ1) is 13.4. The molecule has 0 spiro atoms.